The van der Waals surface area contributed by atoms with Gasteiger partial charge in [0.15, 0.2) is 0 Å². The number of aromatic nitrogens is 1. The van der Waals surface area contributed by atoms with Gasteiger partial charge < -0.3 is 10.2 Å². The fourth-order valence-corrected chi connectivity index (χ4v) is 3.91. The van der Waals surface area contributed by atoms with E-state index in [9.17, 15) is 18.0 Å². The summed E-state index contributed by atoms with van der Waals surface area (Å²) in [7, 11) is -0.327. The predicted octanol–water partition coefficient (Wildman–Crippen LogP) is -0.313. The first-order valence-corrected chi connectivity index (χ1v) is 9.14. The molecule has 1 fully saturated rings. The molecule has 2 amide bonds. The molecule has 0 saturated carbocycles. The van der Waals surface area contributed by atoms with Crippen molar-refractivity contribution in [3.8, 4) is 0 Å². The summed E-state index contributed by atoms with van der Waals surface area (Å²) in [4.78, 5) is 29.0. The van der Waals surface area contributed by atoms with Gasteiger partial charge in [-0.05, 0) is 25.0 Å². The van der Waals surface area contributed by atoms with E-state index in [4.69, 9.17) is 0 Å². The topological polar surface area (TPSA) is 99.7 Å². The zero-order valence-electron chi connectivity index (χ0n) is 13.8. The number of sulfonamides is 1. The number of nitrogens with zero attached hydrogens (tertiary/aromatic N) is 3. The number of hydrogen-bond donors (Lipinski definition) is 1. The predicted molar refractivity (Wildman–Crippen MR) is 87.4 cm³/mol. The highest BCUT2D eigenvalue weighted by Crippen LogP contribution is 2.23. The first-order valence-electron chi connectivity index (χ1n) is 7.70. The van der Waals surface area contributed by atoms with Gasteiger partial charge in [0.2, 0.25) is 21.8 Å². The Morgan fingerprint density at radius 3 is 2.54 bits per heavy atom. The summed E-state index contributed by atoms with van der Waals surface area (Å²) in [6.07, 6.45) is 3.70. The summed E-state index contributed by atoms with van der Waals surface area (Å²) in [6, 6.07) is 3.09. The van der Waals surface area contributed by atoms with E-state index in [0.717, 1.165) is 0 Å². The molecule has 1 saturated heterocycles. The van der Waals surface area contributed by atoms with Crippen molar-refractivity contribution in [2.75, 3.05) is 33.7 Å². The van der Waals surface area contributed by atoms with E-state index in [1.165, 1.54) is 27.7 Å². The van der Waals surface area contributed by atoms with E-state index >= 15 is 0 Å². The van der Waals surface area contributed by atoms with Crippen LogP contribution < -0.4 is 5.32 Å². The summed E-state index contributed by atoms with van der Waals surface area (Å²) in [5.74, 6) is -0.663. The second kappa shape index (κ2) is 7.71. The maximum Gasteiger partial charge on any atom is 0.244 e. The van der Waals surface area contributed by atoms with Crippen molar-refractivity contribution >= 4 is 21.8 Å². The number of nitrogens with one attached hydrogen (secondary N) is 1. The first kappa shape index (κ1) is 18.3. The molecule has 0 atom stereocenters. The Bertz CT molecular complexity index is 683. The number of rotatable bonds is 5. The number of hydrogen-bond acceptors (Lipinski definition) is 5. The number of pyridine rings is 1. The fraction of sp³-hybridized carbons (Fsp3) is 0.533. The van der Waals surface area contributed by atoms with E-state index in [2.05, 4.69) is 10.3 Å². The van der Waals surface area contributed by atoms with Gasteiger partial charge in [-0.25, -0.2) is 8.42 Å². The number of carbonyl (C=O) groups excluding carboxylic acids is 2. The summed E-state index contributed by atoms with van der Waals surface area (Å²) in [6.45, 7) is 0.508. The number of carbonyl (C=O) groups is 2. The minimum atomic E-state index is -3.57. The van der Waals surface area contributed by atoms with Crippen LogP contribution in [0.25, 0.3) is 0 Å². The monoisotopic (exact) mass is 354 g/mol. The van der Waals surface area contributed by atoms with Gasteiger partial charge >= 0.3 is 0 Å². The molecule has 0 unspecified atom stereocenters. The molecule has 9 heteroatoms. The molecule has 24 heavy (non-hydrogen) atoms. The van der Waals surface area contributed by atoms with E-state index < -0.39 is 10.0 Å². The van der Waals surface area contributed by atoms with Crippen LogP contribution in [0.4, 0.5) is 0 Å². The molecule has 1 N–H and O–H groups in total. The molecule has 132 valence electrons. The van der Waals surface area contributed by atoms with Gasteiger partial charge in [-0.2, -0.15) is 4.31 Å². The van der Waals surface area contributed by atoms with Gasteiger partial charge in [0, 0.05) is 45.5 Å². The van der Waals surface area contributed by atoms with E-state index in [0.29, 0.717) is 12.8 Å². The van der Waals surface area contributed by atoms with Gasteiger partial charge in [-0.1, -0.05) is 0 Å². The zero-order chi connectivity index (χ0) is 17.7. The van der Waals surface area contributed by atoms with E-state index in [-0.39, 0.29) is 42.3 Å². The molecule has 1 aromatic heterocycles. The van der Waals surface area contributed by atoms with Crippen LogP contribution in [0.5, 0.6) is 0 Å². The average Bonchev–Trinajstić information content (AvgIpc) is 2.60. The van der Waals surface area contributed by atoms with Crippen molar-refractivity contribution in [3.63, 3.8) is 0 Å². The van der Waals surface area contributed by atoms with Gasteiger partial charge in [-0.15, -0.1) is 0 Å². The number of likely N-dealkylation sites (N-methyl/N-ethyl adjacent to an activating group) is 1. The van der Waals surface area contributed by atoms with Crippen molar-refractivity contribution in [1.29, 1.82) is 0 Å². The van der Waals surface area contributed by atoms with E-state index in [1.807, 2.05) is 0 Å². The fourth-order valence-electron chi connectivity index (χ4n) is 2.47. The quantitative estimate of drug-likeness (QED) is 0.782. The molecule has 2 heterocycles. The molecule has 0 bridgehead atoms. The molecule has 8 nitrogen and oxygen atoms in total. The van der Waals surface area contributed by atoms with Crippen LogP contribution >= 0.6 is 0 Å². The van der Waals surface area contributed by atoms with Crippen LogP contribution in [0.1, 0.15) is 12.8 Å². The Morgan fingerprint density at radius 2 is 2.00 bits per heavy atom. The standard InChI is InChI=1S/C15H22N4O4S/c1-18(2)14(20)11-17-15(21)12-5-8-19(9-6-12)24(22,23)13-4-3-7-16-10-13/h3-4,7,10,12H,5-6,8-9,11H2,1-2H3,(H,17,21). The normalized spacial score (nSPS) is 16.6. The third kappa shape index (κ3) is 4.30. The minimum Gasteiger partial charge on any atom is -0.347 e. The minimum absolute atomic E-state index is 0.0416. The van der Waals surface area contributed by atoms with Gasteiger partial charge in [0.1, 0.15) is 4.90 Å². The van der Waals surface area contributed by atoms with Gasteiger partial charge in [0.25, 0.3) is 0 Å². The van der Waals surface area contributed by atoms with Crippen LogP contribution in [-0.2, 0) is 19.6 Å². The Morgan fingerprint density at radius 1 is 1.33 bits per heavy atom. The Balaban J connectivity index is 1.89. The molecule has 0 aliphatic carbocycles. The maximum absolute atomic E-state index is 12.5. The lowest BCUT2D eigenvalue weighted by atomic mass is 9.97. The summed E-state index contributed by atoms with van der Waals surface area (Å²) in [5, 5.41) is 2.61. The van der Waals surface area contributed by atoms with Crippen molar-refractivity contribution in [2.45, 2.75) is 17.7 Å². The molecular weight excluding hydrogens is 332 g/mol. The second-order valence-electron chi connectivity index (χ2n) is 5.87. The van der Waals surface area contributed by atoms with Crippen LogP contribution in [0.3, 0.4) is 0 Å². The third-order valence-electron chi connectivity index (χ3n) is 4.01. The summed E-state index contributed by atoms with van der Waals surface area (Å²) >= 11 is 0. The smallest absolute Gasteiger partial charge is 0.244 e. The Labute approximate surface area is 141 Å². The molecule has 0 aromatic carbocycles. The highest BCUT2D eigenvalue weighted by Gasteiger charge is 2.32. The van der Waals surface area contributed by atoms with Crippen LogP contribution in [0.15, 0.2) is 29.4 Å². The van der Waals surface area contributed by atoms with Crippen molar-refractivity contribution in [2.24, 2.45) is 5.92 Å². The molecule has 1 aromatic rings. The van der Waals surface area contributed by atoms with E-state index in [1.54, 1.807) is 20.2 Å². The Hall–Kier alpha value is -2.00. The van der Waals surface area contributed by atoms with Gasteiger partial charge in [0.05, 0.1) is 6.54 Å². The van der Waals surface area contributed by atoms with Crippen LogP contribution in [0.2, 0.25) is 0 Å². The number of piperidine rings is 1. The largest absolute Gasteiger partial charge is 0.347 e. The maximum atomic E-state index is 12.5. The van der Waals surface area contributed by atoms with Crippen LogP contribution in [-0.4, -0.2) is 68.2 Å². The highest BCUT2D eigenvalue weighted by molar-refractivity contribution is 7.89. The lowest BCUT2D eigenvalue weighted by molar-refractivity contribution is -0.132. The third-order valence-corrected chi connectivity index (χ3v) is 5.89. The second-order valence-corrected chi connectivity index (χ2v) is 7.81. The van der Waals surface area contributed by atoms with Crippen molar-refractivity contribution in [1.82, 2.24) is 19.5 Å². The lowest BCUT2D eigenvalue weighted by Gasteiger charge is -2.30. The first-order chi connectivity index (χ1) is 11.3. The molecular formula is C15H22N4O4S. The molecule has 1 aliphatic heterocycles. The Kier molecular flexibility index (Phi) is 5.89. The van der Waals surface area contributed by atoms with Gasteiger partial charge in [-0.3, -0.25) is 14.6 Å². The molecule has 2 rings (SSSR count). The SMILES string of the molecule is CN(C)C(=O)CNC(=O)C1CCN(S(=O)(=O)c2cccnc2)CC1. The number of amides is 2. The van der Waals surface area contributed by atoms with Crippen molar-refractivity contribution in [3.05, 3.63) is 24.5 Å². The highest BCUT2D eigenvalue weighted by atomic mass is 32.2. The lowest BCUT2D eigenvalue weighted by Crippen LogP contribution is -2.44. The zero-order valence-corrected chi connectivity index (χ0v) is 14.6. The average molecular weight is 354 g/mol. The van der Waals surface area contributed by atoms with Crippen molar-refractivity contribution < 1.29 is 18.0 Å². The van der Waals surface area contributed by atoms with Crippen LogP contribution in [0, 0.1) is 5.92 Å². The summed E-state index contributed by atoms with van der Waals surface area (Å²) < 4.78 is 26.4. The summed E-state index contributed by atoms with van der Waals surface area (Å²) in [5.41, 5.74) is 0. The molecule has 0 spiro atoms. The molecule has 1 aliphatic rings. The molecule has 0 radical (unpaired) electrons.